The van der Waals surface area contributed by atoms with Gasteiger partial charge in [0.1, 0.15) is 11.8 Å². The molecule has 0 aliphatic heterocycles. The summed E-state index contributed by atoms with van der Waals surface area (Å²) in [5.41, 5.74) is 0.193. The molecule has 0 aromatic carbocycles. The normalized spacial score (nSPS) is 18.5. The summed E-state index contributed by atoms with van der Waals surface area (Å²) in [4.78, 5) is 8.30. The van der Waals surface area contributed by atoms with Gasteiger partial charge in [-0.25, -0.2) is 4.98 Å². The number of aromatic nitrogens is 2. The zero-order valence-corrected chi connectivity index (χ0v) is 11.5. The van der Waals surface area contributed by atoms with Gasteiger partial charge < -0.3 is 19.3 Å². The fraction of sp³-hybridized carbons (Fsp3) is 0.692. The second-order valence-electron chi connectivity index (χ2n) is 4.77. The molecular weight excluding hydrogens is 248 g/mol. The fourth-order valence-electron chi connectivity index (χ4n) is 2.36. The molecule has 0 saturated heterocycles. The molecule has 1 N–H and O–H groups in total. The highest BCUT2D eigenvalue weighted by molar-refractivity contribution is 5.25. The zero-order valence-electron chi connectivity index (χ0n) is 11.5. The predicted octanol–water partition coefficient (Wildman–Crippen LogP) is 1.49. The number of hydrogen-bond donors (Lipinski definition) is 1. The molecule has 6 nitrogen and oxygen atoms in total. The minimum absolute atomic E-state index is 0.230. The molecular formula is C13H20N2O4. The number of ether oxygens (including phenoxy) is 3. The van der Waals surface area contributed by atoms with E-state index in [4.69, 9.17) is 14.2 Å². The Kier molecular flexibility index (Phi) is 4.21. The highest BCUT2D eigenvalue weighted by atomic mass is 16.5. The second kappa shape index (κ2) is 5.71. The van der Waals surface area contributed by atoms with Crippen molar-refractivity contribution in [2.45, 2.75) is 37.4 Å². The zero-order chi connectivity index (χ0) is 13.9. The van der Waals surface area contributed by atoms with Crippen LogP contribution in [-0.2, 0) is 4.74 Å². The van der Waals surface area contributed by atoms with Gasteiger partial charge >= 0.3 is 0 Å². The molecule has 1 saturated carbocycles. The molecule has 2 rings (SSSR count). The molecule has 1 unspecified atom stereocenters. The van der Waals surface area contributed by atoms with Crippen LogP contribution in [0.2, 0.25) is 0 Å². The molecule has 1 fully saturated rings. The lowest BCUT2D eigenvalue weighted by atomic mass is 9.76. The lowest BCUT2D eigenvalue weighted by Gasteiger charge is -2.41. The van der Waals surface area contributed by atoms with Crippen LogP contribution in [0.3, 0.4) is 0 Å². The standard InChI is InChI=1S/C13H20N2O4/c1-17-10-8-14-11(12(15-10)18-2)9(16)7-13(19-3)5-4-6-13/h8-9,16H,4-7H2,1-3H3. The molecule has 6 heteroatoms. The van der Waals surface area contributed by atoms with Crippen LogP contribution >= 0.6 is 0 Å². The molecule has 1 aliphatic carbocycles. The maximum atomic E-state index is 10.3. The topological polar surface area (TPSA) is 73.7 Å². The lowest BCUT2D eigenvalue weighted by molar-refractivity contribution is -0.101. The van der Waals surface area contributed by atoms with Crippen LogP contribution in [0.25, 0.3) is 0 Å². The highest BCUT2D eigenvalue weighted by Crippen LogP contribution is 2.42. The van der Waals surface area contributed by atoms with Crippen LogP contribution in [0.15, 0.2) is 6.20 Å². The van der Waals surface area contributed by atoms with E-state index in [1.807, 2.05) is 0 Å². The van der Waals surface area contributed by atoms with E-state index in [9.17, 15) is 5.11 Å². The van der Waals surface area contributed by atoms with Gasteiger partial charge in [0.2, 0.25) is 11.8 Å². The van der Waals surface area contributed by atoms with Gasteiger partial charge in [0.15, 0.2) is 0 Å². The van der Waals surface area contributed by atoms with Crippen molar-refractivity contribution in [3.63, 3.8) is 0 Å². The van der Waals surface area contributed by atoms with Gasteiger partial charge in [0.05, 0.1) is 26.0 Å². The van der Waals surface area contributed by atoms with Crippen molar-refractivity contribution >= 4 is 0 Å². The van der Waals surface area contributed by atoms with Crippen LogP contribution in [0.4, 0.5) is 0 Å². The Morgan fingerprint density at radius 2 is 2.05 bits per heavy atom. The Morgan fingerprint density at radius 3 is 2.53 bits per heavy atom. The smallest absolute Gasteiger partial charge is 0.241 e. The monoisotopic (exact) mass is 268 g/mol. The van der Waals surface area contributed by atoms with Crippen molar-refractivity contribution in [1.82, 2.24) is 9.97 Å². The Balaban J connectivity index is 2.16. The van der Waals surface area contributed by atoms with E-state index in [1.54, 1.807) is 7.11 Å². The largest absolute Gasteiger partial charge is 0.480 e. The van der Waals surface area contributed by atoms with Crippen LogP contribution in [-0.4, -0.2) is 42.0 Å². The minimum Gasteiger partial charge on any atom is -0.480 e. The van der Waals surface area contributed by atoms with Crippen molar-refractivity contribution < 1.29 is 19.3 Å². The van der Waals surface area contributed by atoms with E-state index in [2.05, 4.69) is 9.97 Å². The van der Waals surface area contributed by atoms with Crippen molar-refractivity contribution in [3.8, 4) is 11.8 Å². The summed E-state index contributed by atoms with van der Waals surface area (Å²) in [6, 6.07) is 0. The van der Waals surface area contributed by atoms with Gasteiger partial charge in [0, 0.05) is 13.5 Å². The van der Waals surface area contributed by atoms with E-state index >= 15 is 0 Å². The third-order valence-electron chi connectivity index (χ3n) is 3.73. The SMILES string of the molecule is COc1cnc(C(O)CC2(OC)CCC2)c(OC)n1. The molecule has 0 radical (unpaired) electrons. The van der Waals surface area contributed by atoms with E-state index in [0.29, 0.717) is 18.0 Å². The van der Waals surface area contributed by atoms with Gasteiger partial charge in [-0.3, -0.25) is 0 Å². The molecule has 1 aliphatic rings. The van der Waals surface area contributed by atoms with Crippen LogP contribution < -0.4 is 9.47 Å². The summed E-state index contributed by atoms with van der Waals surface area (Å²) in [6.07, 6.45) is 4.28. The number of rotatable bonds is 6. The summed E-state index contributed by atoms with van der Waals surface area (Å²) in [5, 5.41) is 10.3. The maximum absolute atomic E-state index is 10.3. The molecule has 19 heavy (non-hydrogen) atoms. The summed E-state index contributed by atoms with van der Waals surface area (Å²) in [6.45, 7) is 0. The number of methoxy groups -OCH3 is 3. The molecule has 1 aromatic heterocycles. The first kappa shape index (κ1) is 14.0. The summed E-state index contributed by atoms with van der Waals surface area (Å²) in [7, 11) is 4.69. The van der Waals surface area contributed by atoms with Crippen molar-refractivity contribution in [1.29, 1.82) is 0 Å². The van der Waals surface area contributed by atoms with E-state index in [0.717, 1.165) is 19.3 Å². The first-order valence-corrected chi connectivity index (χ1v) is 6.32. The Labute approximate surface area is 112 Å². The number of aliphatic hydroxyl groups is 1. The lowest BCUT2D eigenvalue weighted by Crippen LogP contribution is -2.40. The molecule has 1 heterocycles. The van der Waals surface area contributed by atoms with Gasteiger partial charge in [0.25, 0.3) is 0 Å². The average molecular weight is 268 g/mol. The number of hydrogen-bond acceptors (Lipinski definition) is 6. The van der Waals surface area contributed by atoms with Gasteiger partial charge in [-0.1, -0.05) is 0 Å². The number of aliphatic hydroxyl groups excluding tert-OH is 1. The fourth-order valence-corrected chi connectivity index (χ4v) is 2.36. The van der Waals surface area contributed by atoms with E-state index < -0.39 is 6.10 Å². The quantitative estimate of drug-likeness (QED) is 0.842. The first-order valence-electron chi connectivity index (χ1n) is 6.32. The van der Waals surface area contributed by atoms with Crippen molar-refractivity contribution in [3.05, 3.63) is 11.9 Å². The third kappa shape index (κ3) is 2.79. The van der Waals surface area contributed by atoms with Crippen LogP contribution in [0, 0.1) is 0 Å². The molecule has 106 valence electrons. The molecule has 1 atom stereocenters. The van der Waals surface area contributed by atoms with Gasteiger partial charge in [-0.05, 0) is 19.3 Å². The molecule has 0 bridgehead atoms. The minimum atomic E-state index is -0.756. The third-order valence-corrected chi connectivity index (χ3v) is 3.73. The molecule has 0 spiro atoms. The summed E-state index contributed by atoms with van der Waals surface area (Å²) >= 11 is 0. The molecule has 1 aromatic rings. The first-order chi connectivity index (χ1) is 9.14. The van der Waals surface area contributed by atoms with E-state index in [1.165, 1.54) is 20.4 Å². The highest BCUT2D eigenvalue weighted by Gasteiger charge is 2.40. The number of nitrogens with zero attached hydrogens (tertiary/aromatic N) is 2. The summed E-state index contributed by atoms with van der Waals surface area (Å²) < 4.78 is 15.7. The van der Waals surface area contributed by atoms with Crippen molar-refractivity contribution in [2.24, 2.45) is 0 Å². The second-order valence-corrected chi connectivity index (χ2v) is 4.77. The average Bonchev–Trinajstić information content (AvgIpc) is 2.41. The van der Waals surface area contributed by atoms with Gasteiger partial charge in [-0.2, -0.15) is 4.98 Å². The molecule has 0 amide bonds. The van der Waals surface area contributed by atoms with Crippen molar-refractivity contribution in [2.75, 3.05) is 21.3 Å². The Bertz CT molecular complexity index is 429. The maximum Gasteiger partial charge on any atom is 0.241 e. The van der Waals surface area contributed by atoms with E-state index in [-0.39, 0.29) is 11.5 Å². The summed E-state index contributed by atoms with van der Waals surface area (Å²) in [5.74, 6) is 0.648. The van der Waals surface area contributed by atoms with Crippen LogP contribution in [0.1, 0.15) is 37.5 Å². The Hall–Kier alpha value is -1.40. The Morgan fingerprint density at radius 1 is 1.32 bits per heavy atom. The van der Waals surface area contributed by atoms with Gasteiger partial charge in [-0.15, -0.1) is 0 Å². The predicted molar refractivity (Wildman–Crippen MR) is 68.3 cm³/mol. The van der Waals surface area contributed by atoms with Crippen LogP contribution in [0.5, 0.6) is 11.8 Å².